The maximum absolute atomic E-state index is 12.6. The van der Waals surface area contributed by atoms with E-state index in [1.807, 2.05) is 6.92 Å². The lowest BCUT2D eigenvalue weighted by Crippen LogP contribution is -2.49. The van der Waals surface area contributed by atoms with Crippen molar-refractivity contribution in [3.63, 3.8) is 0 Å². The summed E-state index contributed by atoms with van der Waals surface area (Å²) in [7, 11) is -0.808. The summed E-state index contributed by atoms with van der Waals surface area (Å²) < 4.78 is 25.8. The summed E-state index contributed by atoms with van der Waals surface area (Å²) in [5.41, 5.74) is 0.406. The minimum Gasteiger partial charge on any atom is -0.325 e. The summed E-state index contributed by atoms with van der Waals surface area (Å²) in [6.45, 7) is 6.31. The van der Waals surface area contributed by atoms with Crippen LogP contribution in [0.4, 0.5) is 5.69 Å². The molecule has 1 fully saturated rings. The molecule has 1 amide bonds. The van der Waals surface area contributed by atoms with Crippen molar-refractivity contribution in [2.24, 2.45) is 11.8 Å². The van der Waals surface area contributed by atoms with Crippen molar-refractivity contribution < 1.29 is 13.2 Å². The molecule has 0 heterocycles. The highest BCUT2D eigenvalue weighted by Gasteiger charge is 2.29. The molecule has 1 saturated carbocycles. The first-order valence-corrected chi connectivity index (χ1v) is 11.1. The smallest absolute Gasteiger partial charge is 0.244 e. The predicted molar refractivity (Wildman–Crippen MR) is 110 cm³/mol. The van der Waals surface area contributed by atoms with E-state index in [1.165, 1.54) is 39.1 Å². The second kappa shape index (κ2) is 8.90. The van der Waals surface area contributed by atoms with Crippen LogP contribution in [0.15, 0.2) is 23.1 Å². The number of hydrogen-bond acceptors (Lipinski definition) is 4. The van der Waals surface area contributed by atoms with Crippen molar-refractivity contribution in [3.8, 4) is 0 Å². The van der Waals surface area contributed by atoms with Gasteiger partial charge in [0.25, 0.3) is 0 Å². The quantitative estimate of drug-likeness (QED) is 0.746. The number of sulfonamides is 1. The molecule has 0 radical (unpaired) electrons. The summed E-state index contributed by atoms with van der Waals surface area (Å²) in [6, 6.07) is 4.41. The number of nitrogens with one attached hydrogen (secondary N) is 2. The lowest BCUT2D eigenvalue weighted by Gasteiger charge is -2.36. The van der Waals surface area contributed by atoms with Gasteiger partial charge in [-0.05, 0) is 43.4 Å². The lowest BCUT2D eigenvalue weighted by atomic mass is 9.78. The Morgan fingerprint density at radius 1 is 1.26 bits per heavy atom. The zero-order chi connectivity index (χ0) is 20.4. The van der Waals surface area contributed by atoms with Crippen LogP contribution in [0.25, 0.3) is 0 Å². The monoisotopic (exact) mass is 415 g/mol. The Hall–Kier alpha value is -1.15. The minimum absolute atomic E-state index is 0.0256. The van der Waals surface area contributed by atoms with E-state index >= 15 is 0 Å². The molecule has 1 aliphatic carbocycles. The molecule has 0 saturated heterocycles. The molecule has 8 heteroatoms. The molecule has 27 heavy (non-hydrogen) atoms. The molecule has 1 aliphatic rings. The second-order valence-corrected chi connectivity index (χ2v) is 10.2. The van der Waals surface area contributed by atoms with E-state index in [4.69, 9.17) is 11.6 Å². The van der Waals surface area contributed by atoms with E-state index in [0.29, 0.717) is 23.6 Å². The average molecular weight is 416 g/mol. The van der Waals surface area contributed by atoms with Gasteiger partial charge >= 0.3 is 0 Å². The van der Waals surface area contributed by atoms with Crippen molar-refractivity contribution in [2.45, 2.75) is 57.0 Å². The first-order valence-electron chi connectivity index (χ1n) is 9.33. The largest absolute Gasteiger partial charge is 0.325 e. The van der Waals surface area contributed by atoms with Gasteiger partial charge in [0.2, 0.25) is 15.9 Å². The van der Waals surface area contributed by atoms with Crippen molar-refractivity contribution in [1.29, 1.82) is 0 Å². The molecule has 1 aromatic carbocycles. The Labute approximate surface area is 167 Å². The SMILES string of the molecule is CC(NC1CCCC(C)C1C)C(=O)Nc1ccc(Cl)c(S(=O)(=O)N(C)C)c1. The number of carbonyl (C=O) groups is 1. The Morgan fingerprint density at radius 3 is 2.56 bits per heavy atom. The number of carbonyl (C=O) groups excluding carboxylic acids is 1. The first-order chi connectivity index (χ1) is 12.5. The summed E-state index contributed by atoms with van der Waals surface area (Å²) in [5.74, 6) is 0.957. The van der Waals surface area contributed by atoms with Gasteiger partial charge in [-0.2, -0.15) is 0 Å². The van der Waals surface area contributed by atoms with Crippen LogP contribution in [0.2, 0.25) is 5.02 Å². The molecular weight excluding hydrogens is 386 g/mol. The highest BCUT2D eigenvalue weighted by molar-refractivity contribution is 7.89. The molecular formula is C19H30ClN3O3S. The van der Waals surface area contributed by atoms with E-state index in [0.717, 1.165) is 10.7 Å². The summed E-state index contributed by atoms with van der Waals surface area (Å²) in [5, 5.41) is 6.34. The Bertz CT molecular complexity index is 782. The lowest BCUT2D eigenvalue weighted by molar-refractivity contribution is -0.118. The molecule has 0 aliphatic heterocycles. The number of benzene rings is 1. The van der Waals surface area contributed by atoms with Gasteiger partial charge < -0.3 is 10.6 Å². The van der Waals surface area contributed by atoms with E-state index < -0.39 is 10.0 Å². The third kappa shape index (κ3) is 5.22. The molecule has 0 aromatic heterocycles. The van der Waals surface area contributed by atoms with Crippen LogP contribution < -0.4 is 10.6 Å². The van der Waals surface area contributed by atoms with E-state index in [2.05, 4.69) is 24.5 Å². The van der Waals surface area contributed by atoms with Crippen molar-refractivity contribution >= 4 is 33.2 Å². The maximum Gasteiger partial charge on any atom is 0.244 e. The summed E-state index contributed by atoms with van der Waals surface area (Å²) in [6.07, 6.45) is 3.46. The number of amides is 1. The number of rotatable bonds is 6. The van der Waals surface area contributed by atoms with Crippen LogP contribution in [0.3, 0.4) is 0 Å². The van der Waals surface area contributed by atoms with Crippen LogP contribution in [0.5, 0.6) is 0 Å². The van der Waals surface area contributed by atoms with Gasteiger partial charge in [0.1, 0.15) is 4.90 Å². The zero-order valence-electron chi connectivity index (χ0n) is 16.6. The highest BCUT2D eigenvalue weighted by Crippen LogP contribution is 2.30. The fourth-order valence-electron chi connectivity index (χ4n) is 3.44. The van der Waals surface area contributed by atoms with E-state index in [1.54, 1.807) is 6.07 Å². The predicted octanol–water partition coefficient (Wildman–Crippen LogP) is 3.33. The number of hydrogen-bond donors (Lipinski definition) is 2. The molecule has 4 unspecified atom stereocenters. The van der Waals surface area contributed by atoms with Crippen LogP contribution >= 0.6 is 11.6 Å². The Kier molecular flexibility index (Phi) is 7.30. The van der Waals surface area contributed by atoms with Crippen molar-refractivity contribution in [1.82, 2.24) is 9.62 Å². The molecule has 0 bridgehead atoms. The molecule has 2 N–H and O–H groups in total. The minimum atomic E-state index is -3.69. The van der Waals surface area contributed by atoms with Gasteiger partial charge in [0.15, 0.2) is 0 Å². The fourth-order valence-corrected chi connectivity index (χ4v) is 4.83. The first kappa shape index (κ1) is 22.1. The van der Waals surface area contributed by atoms with Crippen molar-refractivity contribution in [2.75, 3.05) is 19.4 Å². The topological polar surface area (TPSA) is 78.5 Å². The molecule has 2 rings (SSSR count). The van der Waals surface area contributed by atoms with Gasteiger partial charge in [0.05, 0.1) is 11.1 Å². The molecule has 4 atom stereocenters. The Morgan fingerprint density at radius 2 is 1.93 bits per heavy atom. The van der Waals surface area contributed by atoms with Gasteiger partial charge in [-0.25, -0.2) is 12.7 Å². The Balaban J connectivity index is 2.09. The summed E-state index contributed by atoms with van der Waals surface area (Å²) in [4.78, 5) is 12.6. The van der Waals surface area contributed by atoms with Crippen LogP contribution in [0, 0.1) is 11.8 Å². The second-order valence-electron chi connectivity index (χ2n) is 7.68. The third-order valence-corrected chi connectivity index (χ3v) is 7.82. The molecule has 6 nitrogen and oxygen atoms in total. The summed E-state index contributed by atoms with van der Waals surface area (Å²) >= 11 is 6.05. The van der Waals surface area contributed by atoms with Gasteiger partial charge in [-0.15, -0.1) is 0 Å². The van der Waals surface area contributed by atoms with Gasteiger partial charge in [0, 0.05) is 25.8 Å². The van der Waals surface area contributed by atoms with Crippen molar-refractivity contribution in [3.05, 3.63) is 23.2 Å². The van der Waals surface area contributed by atoms with Crippen LogP contribution in [-0.4, -0.2) is 44.8 Å². The molecule has 0 spiro atoms. The van der Waals surface area contributed by atoms with E-state index in [-0.39, 0.29) is 21.9 Å². The maximum atomic E-state index is 12.6. The molecule has 152 valence electrons. The number of halogens is 1. The number of nitrogens with zero attached hydrogens (tertiary/aromatic N) is 1. The molecule has 1 aromatic rings. The standard InChI is InChI=1S/C19H30ClN3O3S/c1-12-7-6-8-17(13(12)2)21-14(3)19(24)22-15-9-10-16(20)18(11-15)27(25,26)23(4)5/h9-14,17,21H,6-8H2,1-5H3,(H,22,24). The van der Waals surface area contributed by atoms with Gasteiger partial charge in [-0.3, -0.25) is 4.79 Å². The highest BCUT2D eigenvalue weighted by atomic mass is 35.5. The fraction of sp³-hybridized carbons (Fsp3) is 0.632. The van der Waals surface area contributed by atoms with Crippen LogP contribution in [0.1, 0.15) is 40.0 Å². The van der Waals surface area contributed by atoms with Crippen LogP contribution in [-0.2, 0) is 14.8 Å². The third-order valence-electron chi connectivity index (χ3n) is 5.52. The van der Waals surface area contributed by atoms with E-state index in [9.17, 15) is 13.2 Å². The van der Waals surface area contributed by atoms with Gasteiger partial charge in [-0.1, -0.05) is 38.3 Å². The average Bonchev–Trinajstić information content (AvgIpc) is 2.60. The zero-order valence-corrected chi connectivity index (χ0v) is 18.2. The number of anilines is 1. The normalized spacial score (nSPS) is 24.6.